The summed E-state index contributed by atoms with van der Waals surface area (Å²) in [7, 11) is 0. The van der Waals surface area contributed by atoms with Gasteiger partial charge in [-0.05, 0) is 31.2 Å². The molecule has 0 atom stereocenters. The molecule has 4 rings (SSSR count). The van der Waals surface area contributed by atoms with Gasteiger partial charge in [0.15, 0.2) is 0 Å². The SMILES string of the molecule is CCOC(=O)c1ccccc1N/C=C(/C#N)c1nc(-c2cc3ccccc3oc2=O)cs1. The predicted molar refractivity (Wildman–Crippen MR) is 123 cm³/mol. The number of hydrogen-bond donors (Lipinski definition) is 1. The third kappa shape index (κ3) is 4.29. The van der Waals surface area contributed by atoms with Crippen LogP contribution in [0.25, 0.3) is 27.8 Å². The molecule has 0 aliphatic rings. The highest BCUT2D eigenvalue weighted by molar-refractivity contribution is 7.11. The number of hydrogen-bond acceptors (Lipinski definition) is 8. The Balaban J connectivity index is 1.64. The van der Waals surface area contributed by atoms with Gasteiger partial charge < -0.3 is 14.5 Å². The number of benzene rings is 2. The van der Waals surface area contributed by atoms with E-state index in [2.05, 4.69) is 16.4 Å². The summed E-state index contributed by atoms with van der Waals surface area (Å²) in [5.41, 5.74) is 1.87. The van der Waals surface area contributed by atoms with Gasteiger partial charge in [0.25, 0.3) is 0 Å². The van der Waals surface area contributed by atoms with Crippen molar-refractivity contribution in [1.82, 2.24) is 4.98 Å². The summed E-state index contributed by atoms with van der Waals surface area (Å²) in [4.78, 5) is 29.0. The van der Waals surface area contributed by atoms with Crippen LogP contribution in [-0.2, 0) is 4.74 Å². The Hall–Kier alpha value is -4.22. The standard InChI is InChI=1S/C24H17N3O4S/c1-2-30-23(28)17-8-4-5-9-19(17)26-13-16(12-25)22-27-20(14-32-22)18-11-15-7-3-6-10-21(15)31-24(18)29/h3-11,13-14,26H,2H2,1H3/b16-13-. The lowest BCUT2D eigenvalue weighted by Gasteiger charge is -2.08. The van der Waals surface area contributed by atoms with Crippen LogP contribution in [0.5, 0.6) is 0 Å². The number of nitrogens with one attached hydrogen (secondary N) is 1. The monoisotopic (exact) mass is 443 g/mol. The third-order valence-electron chi connectivity index (χ3n) is 4.57. The second kappa shape index (κ2) is 9.29. The molecule has 2 aromatic heterocycles. The molecule has 0 saturated carbocycles. The van der Waals surface area contributed by atoms with Gasteiger partial charge in [-0.25, -0.2) is 14.6 Å². The van der Waals surface area contributed by atoms with Crippen molar-refractivity contribution in [3.05, 3.63) is 87.2 Å². The van der Waals surface area contributed by atoms with Gasteiger partial charge >= 0.3 is 11.6 Å². The first-order valence-electron chi connectivity index (χ1n) is 9.73. The maximum absolute atomic E-state index is 12.4. The molecule has 7 nitrogen and oxygen atoms in total. The first-order chi connectivity index (χ1) is 15.6. The van der Waals surface area contributed by atoms with E-state index in [0.717, 1.165) is 5.39 Å². The summed E-state index contributed by atoms with van der Waals surface area (Å²) < 4.78 is 10.4. The number of para-hydroxylation sites is 2. The van der Waals surface area contributed by atoms with Crippen LogP contribution in [0.2, 0.25) is 0 Å². The number of esters is 1. The number of nitrogens with zero attached hydrogens (tertiary/aromatic N) is 2. The summed E-state index contributed by atoms with van der Waals surface area (Å²) in [5.74, 6) is -0.456. The zero-order valence-corrected chi connectivity index (χ0v) is 17.8. The van der Waals surface area contributed by atoms with E-state index < -0.39 is 11.6 Å². The summed E-state index contributed by atoms with van der Waals surface area (Å²) >= 11 is 1.23. The van der Waals surface area contributed by atoms with Crippen LogP contribution >= 0.6 is 11.3 Å². The van der Waals surface area contributed by atoms with Crippen LogP contribution < -0.4 is 10.9 Å². The number of thiazole rings is 1. The van der Waals surface area contributed by atoms with Crippen molar-refractivity contribution in [1.29, 1.82) is 5.26 Å². The number of carbonyl (C=O) groups excluding carboxylic acids is 1. The predicted octanol–water partition coefficient (Wildman–Crippen LogP) is 5.07. The smallest absolute Gasteiger partial charge is 0.345 e. The second-order valence-electron chi connectivity index (χ2n) is 6.60. The van der Waals surface area contributed by atoms with E-state index in [4.69, 9.17) is 9.15 Å². The van der Waals surface area contributed by atoms with Crippen LogP contribution in [0.4, 0.5) is 5.69 Å². The number of aromatic nitrogens is 1. The molecular weight excluding hydrogens is 426 g/mol. The molecule has 0 radical (unpaired) electrons. The maximum Gasteiger partial charge on any atom is 0.345 e. The summed E-state index contributed by atoms with van der Waals surface area (Å²) in [6.07, 6.45) is 1.48. The molecule has 0 amide bonds. The highest BCUT2D eigenvalue weighted by atomic mass is 32.1. The highest BCUT2D eigenvalue weighted by Crippen LogP contribution is 2.27. The lowest BCUT2D eigenvalue weighted by molar-refractivity contribution is 0.0527. The van der Waals surface area contributed by atoms with Crippen LogP contribution in [0.3, 0.4) is 0 Å². The summed E-state index contributed by atoms with van der Waals surface area (Å²) in [5, 5.41) is 15.5. The molecule has 0 aliphatic carbocycles. The first kappa shape index (κ1) is 21.0. The molecule has 0 bridgehead atoms. The molecule has 4 aromatic rings. The lowest BCUT2D eigenvalue weighted by atomic mass is 10.1. The van der Waals surface area contributed by atoms with Crippen molar-refractivity contribution in [2.75, 3.05) is 11.9 Å². The third-order valence-corrected chi connectivity index (χ3v) is 5.44. The van der Waals surface area contributed by atoms with Crippen molar-refractivity contribution in [3.8, 4) is 17.3 Å². The van der Waals surface area contributed by atoms with Crippen molar-refractivity contribution in [2.24, 2.45) is 0 Å². The number of fused-ring (bicyclic) bond motifs is 1. The molecule has 2 heterocycles. The largest absolute Gasteiger partial charge is 0.462 e. The molecule has 0 unspecified atom stereocenters. The lowest BCUT2D eigenvalue weighted by Crippen LogP contribution is -2.07. The Labute approximate surface area is 187 Å². The topological polar surface area (TPSA) is 105 Å². The highest BCUT2D eigenvalue weighted by Gasteiger charge is 2.15. The Morgan fingerprint density at radius 2 is 2.03 bits per heavy atom. The maximum atomic E-state index is 12.4. The van der Waals surface area contributed by atoms with Gasteiger partial charge in [-0.1, -0.05) is 30.3 Å². The molecular formula is C24H17N3O4S. The van der Waals surface area contributed by atoms with Gasteiger partial charge in [-0.2, -0.15) is 5.26 Å². The van der Waals surface area contributed by atoms with E-state index in [-0.39, 0.29) is 12.2 Å². The minimum absolute atomic E-state index is 0.255. The van der Waals surface area contributed by atoms with Gasteiger partial charge in [0.2, 0.25) is 0 Å². The van der Waals surface area contributed by atoms with Crippen molar-refractivity contribution >= 4 is 39.5 Å². The van der Waals surface area contributed by atoms with Crippen LogP contribution in [0, 0.1) is 11.3 Å². The second-order valence-corrected chi connectivity index (χ2v) is 7.46. The Morgan fingerprint density at radius 3 is 2.84 bits per heavy atom. The van der Waals surface area contributed by atoms with E-state index in [1.165, 1.54) is 17.5 Å². The van der Waals surface area contributed by atoms with Gasteiger partial charge in [-0.15, -0.1) is 11.3 Å². The first-order valence-corrected chi connectivity index (χ1v) is 10.6. The molecule has 1 N–H and O–H groups in total. The number of anilines is 1. The molecule has 0 aliphatic heterocycles. The fraction of sp³-hybridized carbons (Fsp3) is 0.0833. The molecule has 0 fully saturated rings. The normalized spacial score (nSPS) is 11.2. The van der Waals surface area contributed by atoms with E-state index in [0.29, 0.717) is 33.1 Å². The number of ether oxygens (including phenoxy) is 1. The molecule has 0 spiro atoms. The van der Waals surface area contributed by atoms with E-state index >= 15 is 0 Å². The fourth-order valence-corrected chi connectivity index (χ4v) is 3.83. The number of carbonyl (C=O) groups is 1. The zero-order valence-electron chi connectivity index (χ0n) is 17.0. The van der Waals surface area contributed by atoms with Crippen LogP contribution in [0.1, 0.15) is 22.3 Å². The van der Waals surface area contributed by atoms with Gasteiger partial charge in [0.05, 0.1) is 29.1 Å². The van der Waals surface area contributed by atoms with E-state index in [1.54, 1.807) is 54.8 Å². The number of nitriles is 1. The fourth-order valence-electron chi connectivity index (χ4n) is 3.05. The number of allylic oxidation sites excluding steroid dienone is 1. The quantitative estimate of drug-likeness (QED) is 0.252. The van der Waals surface area contributed by atoms with E-state index in [9.17, 15) is 14.9 Å². The van der Waals surface area contributed by atoms with Gasteiger partial charge in [0, 0.05) is 17.0 Å². The average Bonchev–Trinajstić information content (AvgIpc) is 3.29. The van der Waals surface area contributed by atoms with Crippen molar-refractivity contribution < 1.29 is 13.9 Å². The molecule has 8 heteroatoms. The van der Waals surface area contributed by atoms with E-state index in [1.807, 2.05) is 12.1 Å². The van der Waals surface area contributed by atoms with Crippen LogP contribution in [0.15, 0.2) is 75.4 Å². The summed E-state index contributed by atoms with van der Waals surface area (Å²) in [6, 6.07) is 17.9. The Morgan fingerprint density at radius 1 is 1.25 bits per heavy atom. The number of rotatable bonds is 6. The van der Waals surface area contributed by atoms with Crippen LogP contribution in [-0.4, -0.2) is 17.6 Å². The minimum Gasteiger partial charge on any atom is -0.462 e. The van der Waals surface area contributed by atoms with Crippen molar-refractivity contribution in [2.45, 2.75) is 6.92 Å². The Bertz CT molecular complexity index is 1430. The molecule has 0 saturated heterocycles. The Kier molecular flexibility index (Phi) is 6.10. The van der Waals surface area contributed by atoms with Crippen molar-refractivity contribution in [3.63, 3.8) is 0 Å². The average molecular weight is 443 g/mol. The van der Waals surface area contributed by atoms with Gasteiger partial charge in [-0.3, -0.25) is 0 Å². The minimum atomic E-state index is -0.496. The molecule has 2 aromatic carbocycles. The molecule has 32 heavy (non-hydrogen) atoms. The summed E-state index contributed by atoms with van der Waals surface area (Å²) in [6.45, 7) is 1.99. The van der Waals surface area contributed by atoms with Gasteiger partial charge in [0.1, 0.15) is 22.2 Å². The zero-order chi connectivity index (χ0) is 22.5. The molecule has 158 valence electrons.